The van der Waals surface area contributed by atoms with E-state index in [1.165, 1.54) is 0 Å². The average Bonchev–Trinajstić information content (AvgIpc) is 2.99. The van der Waals surface area contributed by atoms with E-state index in [4.69, 9.17) is 0 Å². The van der Waals surface area contributed by atoms with Gasteiger partial charge in [0.15, 0.2) is 0 Å². The normalized spacial score (nSPS) is 16.7. The number of hydrogen-bond donors (Lipinski definition) is 1. The summed E-state index contributed by atoms with van der Waals surface area (Å²) in [6.45, 7) is 4.50. The summed E-state index contributed by atoms with van der Waals surface area (Å²) in [6.07, 6.45) is 3.76. The van der Waals surface area contributed by atoms with Crippen LogP contribution in [0.5, 0.6) is 0 Å². The minimum atomic E-state index is -3.67. The number of aryl methyl sites for hydroxylation is 2. The van der Waals surface area contributed by atoms with Crippen LogP contribution in [0.25, 0.3) is 0 Å². The van der Waals surface area contributed by atoms with E-state index in [2.05, 4.69) is 4.72 Å². The molecule has 1 aliphatic carbocycles. The van der Waals surface area contributed by atoms with Crippen LogP contribution in [0.1, 0.15) is 36.0 Å². The first-order valence-corrected chi connectivity index (χ1v) is 10.9. The van der Waals surface area contributed by atoms with Crippen LogP contribution < -0.4 is 9.62 Å². The molecule has 0 saturated heterocycles. The van der Waals surface area contributed by atoms with Gasteiger partial charge in [-0.3, -0.25) is 9.52 Å². The molecular weight excluding hydrogens is 360 g/mol. The fraction of sp³-hybridized carbons (Fsp3) is 0.381. The summed E-state index contributed by atoms with van der Waals surface area (Å²) >= 11 is 0. The van der Waals surface area contributed by atoms with Crippen molar-refractivity contribution in [3.05, 3.63) is 53.1 Å². The molecule has 2 aromatic rings. The minimum absolute atomic E-state index is 0.144. The maximum atomic E-state index is 12.8. The number of nitrogens with one attached hydrogen (secondary N) is 1. The third-order valence-corrected chi connectivity index (χ3v) is 6.97. The summed E-state index contributed by atoms with van der Waals surface area (Å²) in [7, 11) is -3.67. The molecule has 6 heteroatoms. The molecule has 1 fully saturated rings. The molecule has 27 heavy (non-hydrogen) atoms. The second-order valence-electron chi connectivity index (χ2n) is 7.58. The Morgan fingerprint density at radius 1 is 1.11 bits per heavy atom. The number of hydrogen-bond acceptors (Lipinski definition) is 3. The van der Waals surface area contributed by atoms with Gasteiger partial charge >= 0.3 is 0 Å². The Bertz CT molecular complexity index is 1010. The molecule has 0 unspecified atom stereocenters. The zero-order chi connectivity index (χ0) is 19.2. The lowest BCUT2D eigenvalue weighted by Gasteiger charge is -2.29. The molecule has 1 aliphatic heterocycles. The third-order valence-electron chi connectivity index (χ3n) is 5.60. The van der Waals surface area contributed by atoms with E-state index < -0.39 is 10.0 Å². The molecule has 0 spiro atoms. The lowest BCUT2D eigenvalue weighted by molar-refractivity contribution is -0.124. The van der Waals surface area contributed by atoms with Crippen molar-refractivity contribution < 1.29 is 13.2 Å². The molecule has 0 aromatic heterocycles. The van der Waals surface area contributed by atoms with E-state index in [0.717, 1.165) is 41.6 Å². The van der Waals surface area contributed by atoms with Crippen molar-refractivity contribution in [3.63, 3.8) is 0 Å². The van der Waals surface area contributed by atoms with Gasteiger partial charge in [-0.2, -0.15) is 0 Å². The molecule has 2 aliphatic rings. The fourth-order valence-electron chi connectivity index (χ4n) is 3.78. The van der Waals surface area contributed by atoms with Crippen LogP contribution in [0.15, 0.2) is 41.3 Å². The molecule has 0 atom stereocenters. The van der Waals surface area contributed by atoms with E-state index in [-0.39, 0.29) is 16.7 Å². The number of fused-ring (bicyclic) bond motifs is 1. The average molecular weight is 385 g/mol. The Balaban J connectivity index is 1.59. The highest BCUT2D eigenvalue weighted by molar-refractivity contribution is 7.92. The fourth-order valence-corrected chi connectivity index (χ4v) is 4.96. The number of amides is 1. The molecule has 0 bridgehead atoms. The van der Waals surface area contributed by atoms with Gasteiger partial charge < -0.3 is 4.90 Å². The van der Waals surface area contributed by atoms with Gasteiger partial charge in [-0.25, -0.2) is 8.42 Å². The Kier molecular flexibility index (Phi) is 4.46. The van der Waals surface area contributed by atoms with Crippen molar-refractivity contribution in [2.45, 2.75) is 44.4 Å². The number of sulfonamides is 1. The van der Waals surface area contributed by atoms with E-state index >= 15 is 0 Å². The second-order valence-corrected chi connectivity index (χ2v) is 9.26. The van der Waals surface area contributed by atoms with Crippen molar-refractivity contribution in [2.75, 3.05) is 16.2 Å². The van der Waals surface area contributed by atoms with Crippen molar-refractivity contribution >= 4 is 27.3 Å². The number of anilines is 2. The SMILES string of the molecule is Cc1ccc(NS(=O)(=O)c2ccc3c(c2)CCN3C(=O)C2CCC2)c(C)c1. The third kappa shape index (κ3) is 3.34. The first-order chi connectivity index (χ1) is 12.8. The van der Waals surface area contributed by atoms with Gasteiger partial charge in [-0.15, -0.1) is 0 Å². The largest absolute Gasteiger partial charge is 0.312 e. The quantitative estimate of drug-likeness (QED) is 0.872. The zero-order valence-corrected chi connectivity index (χ0v) is 16.5. The first-order valence-electron chi connectivity index (χ1n) is 9.39. The molecule has 4 rings (SSSR count). The van der Waals surface area contributed by atoms with E-state index in [0.29, 0.717) is 18.7 Å². The summed E-state index contributed by atoms with van der Waals surface area (Å²) in [6, 6.07) is 10.7. The Morgan fingerprint density at radius 3 is 2.56 bits per heavy atom. The first kappa shape index (κ1) is 18.0. The van der Waals surface area contributed by atoms with Gasteiger partial charge in [0.05, 0.1) is 10.6 Å². The summed E-state index contributed by atoms with van der Waals surface area (Å²) in [4.78, 5) is 14.6. The van der Waals surface area contributed by atoms with Crippen LogP contribution in [0.3, 0.4) is 0 Å². The van der Waals surface area contributed by atoms with Gasteiger partial charge in [0.1, 0.15) is 0 Å². The van der Waals surface area contributed by atoms with Gasteiger partial charge in [-0.05, 0) is 68.5 Å². The number of benzene rings is 2. The van der Waals surface area contributed by atoms with Crippen LogP contribution in [0.2, 0.25) is 0 Å². The van der Waals surface area contributed by atoms with E-state index in [9.17, 15) is 13.2 Å². The Hall–Kier alpha value is -2.34. The molecule has 1 N–H and O–H groups in total. The molecule has 142 valence electrons. The van der Waals surface area contributed by atoms with E-state index in [1.807, 2.05) is 30.9 Å². The smallest absolute Gasteiger partial charge is 0.261 e. The lowest BCUT2D eigenvalue weighted by atomic mass is 9.84. The topological polar surface area (TPSA) is 66.5 Å². The summed E-state index contributed by atoms with van der Waals surface area (Å²) < 4.78 is 28.3. The highest BCUT2D eigenvalue weighted by Crippen LogP contribution is 2.35. The van der Waals surface area contributed by atoms with Crippen LogP contribution in [0, 0.1) is 19.8 Å². The van der Waals surface area contributed by atoms with Gasteiger partial charge in [0.25, 0.3) is 10.0 Å². The molecular formula is C21H24N2O3S. The molecule has 5 nitrogen and oxygen atoms in total. The van der Waals surface area contributed by atoms with Crippen LogP contribution in [0.4, 0.5) is 11.4 Å². The Labute approximate surface area is 160 Å². The summed E-state index contributed by atoms with van der Waals surface area (Å²) in [5, 5.41) is 0. The molecule has 1 amide bonds. The minimum Gasteiger partial charge on any atom is -0.312 e. The molecule has 0 radical (unpaired) electrons. The maximum Gasteiger partial charge on any atom is 0.261 e. The summed E-state index contributed by atoms with van der Waals surface area (Å²) in [5.74, 6) is 0.328. The van der Waals surface area contributed by atoms with Gasteiger partial charge in [-0.1, -0.05) is 24.1 Å². The summed E-state index contributed by atoms with van der Waals surface area (Å²) in [5.41, 5.74) is 4.34. The predicted molar refractivity (Wildman–Crippen MR) is 107 cm³/mol. The van der Waals surface area contributed by atoms with Crippen molar-refractivity contribution in [1.82, 2.24) is 0 Å². The maximum absolute atomic E-state index is 12.8. The molecule has 1 saturated carbocycles. The zero-order valence-electron chi connectivity index (χ0n) is 15.7. The van der Waals surface area contributed by atoms with Crippen molar-refractivity contribution in [1.29, 1.82) is 0 Å². The molecule has 2 aromatic carbocycles. The predicted octanol–water partition coefficient (Wildman–Crippen LogP) is 3.79. The van der Waals surface area contributed by atoms with Crippen LogP contribution >= 0.6 is 0 Å². The van der Waals surface area contributed by atoms with Crippen LogP contribution in [-0.2, 0) is 21.2 Å². The monoisotopic (exact) mass is 384 g/mol. The number of rotatable bonds is 4. The van der Waals surface area contributed by atoms with Gasteiger partial charge in [0, 0.05) is 18.2 Å². The lowest BCUT2D eigenvalue weighted by Crippen LogP contribution is -2.37. The highest BCUT2D eigenvalue weighted by Gasteiger charge is 2.33. The second kappa shape index (κ2) is 6.68. The van der Waals surface area contributed by atoms with Crippen molar-refractivity contribution in [3.8, 4) is 0 Å². The van der Waals surface area contributed by atoms with Crippen molar-refractivity contribution in [2.24, 2.45) is 5.92 Å². The van der Waals surface area contributed by atoms with Crippen LogP contribution in [-0.4, -0.2) is 20.9 Å². The van der Waals surface area contributed by atoms with E-state index in [1.54, 1.807) is 24.3 Å². The molecule has 1 heterocycles. The van der Waals surface area contributed by atoms with Gasteiger partial charge in [0.2, 0.25) is 5.91 Å². The Morgan fingerprint density at radius 2 is 1.89 bits per heavy atom. The number of nitrogens with zero attached hydrogens (tertiary/aromatic N) is 1. The standard InChI is InChI=1S/C21H24N2O3S/c1-14-6-8-19(15(2)12-14)22-27(25,26)18-7-9-20-17(13-18)10-11-23(20)21(24)16-4-3-5-16/h6-9,12-13,16,22H,3-5,10-11H2,1-2H3. The highest BCUT2D eigenvalue weighted by atomic mass is 32.2. The number of carbonyl (C=O) groups excluding carboxylic acids is 1. The number of carbonyl (C=O) groups is 1.